The molecule has 0 spiro atoms. The van der Waals surface area contributed by atoms with E-state index in [0.717, 1.165) is 25.7 Å². The summed E-state index contributed by atoms with van der Waals surface area (Å²) < 4.78 is 26.3. The van der Waals surface area contributed by atoms with Gasteiger partial charge in [0.2, 0.25) is 10.0 Å². The summed E-state index contributed by atoms with van der Waals surface area (Å²) in [7, 11) is -1.80. The van der Waals surface area contributed by atoms with E-state index in [-0.39, 0.29) is 23.4 Å². The third-order valence-corrected chi connectivity index (χ3v) is 5.89. The van der Waals surface area contributed by atoms with E-state index in [1.807, 2.05) is 7.05 Å². The first-order valence-corrected chi connectivity index (χ1v) is 9.74. The van der Waals surface area contributed by atoms with Gasteiger partial charge < -0.3 is 4.90 Å². The Morgan fingerprint density at radius 1 is 1.21 bits per heavy atom. The summed E-state index contributed by atoms with van der Waals surface area (Å²) in [6.07, 6.45) is 11.9. The van der Waals surface area contributed by atoms with Crippen molar-refractivity contribution < 1.29 is 13.2 Å². The third kappa shape index (κ3) is 4.59. The number of terminal acetylenes is 1. The fourth-order valence-electron chi connectivity index (χ4n) is 3.01. The van der Waals surface area contributed by atoms with Gasteiger partial charge in [-0.05, 0) is 37.1 Å². The molecule has 0 heterocycles. The molecule has 1 aromatic rings. The molecule has 0 radical (unpaired) electrons. The van der Waals surface area contributed by atoms with Crippen LogP contribution in [-0.2, 0) is 10.0 Å². The summed E-state index contributed by atoms with van der Waals surface area (Å²) in [5.41, 5.74) is 0.498. The zero-order valence-corrected chi connectivity index (χ0v) is 14.8. The van der Waals surface area contributed by atoms with E-state index >= 15 is 0 Å². The molecular weight excluding hydrogens is 324 g/mol. The normalized spacial score (nSPS) is 16.2. The number of hydrogen-bond acceptors (Lipinski definition) is 3. The standard InChI is InChI=1S/C18H24N2O3S/c1-3-14-19-24(22,23)17-12-10-15(11-13-17)18(21)20(2)16-8-6-4-5-7-9-16/h1,10-13,16,19H,4-9,14H2,2H3. The Morgan fingerprint density at radius 3 is 2.33 bits per heavy atom. The molecule has 1 aliphatic rings. The molecule has 6 heteroatoms. The molecular formula is C18H24N2O3S. The molecule has 2 rings (SSSR count). The van der Waals surface area contributed by atoms with Gasteiger partial charge in [-0.1, -0.05) is 31.6 Å². The van der Waals surface area contributed by atoms with E-state index in [9.17, 15) is 13.2 Å². The lowest BCUT2D eigenvalue weighted by Crippen LogP contribution is -2.36. The first-order valence-electron chi connectivity index (χ1n) is 8.26. The Hall–Kier alpha value is -1.84. The summed E-state index contributed by atoms with van der Waals surface area (Å²) in [6.45, 7) is -0.0621. The van der Waals surface area contributed by atoms with Gasteiger partial charge in [0.05, 0.1) is 11.4 Å². The van der Waals surface area contributed by atoms with Gasteiger partial charge in [0, 0.05) is 18.7 Å². The van der Waals surface area contributed by atoms with Gasteiger partial charge in [0.25, 0.3) is 5.91 Å². The Kier molecular flexibility index (Phi) is 6.41. The minimum Gasteiger partial charge on any atom is -0.339 e. The van der Waals surface area contributed by atoms with E-state index < -0.39 is 10.0 Å². The predicted molar refractivity (Wildman–Crippen MR) is 94.0 cm³/mol. The van der Waals surface area contributed by atoms with E-state index in [1.165, 1.54) is 25.0 Å². The quantitative estimate of drug-likeness (QED) is 0.656. The summed E-state index contributed by atoms with van der Waals surface area (Å²) >= 11 is 0. The van der Waals surface area contributed by atoms with Crippen molar-refractivity contribution in [3.05, 3.63) is 29.8 Å². The summed E-state index contributed by atoms with van der Waals surface area (Å²) in [6, 6.07) is 6.25. The van der Waals surface area contributed by atoms with Gasteiger partial charge in [0.15, 0.2) is 0 Å². The molecule has 1 N–H and O–H groups in total. The van der Waals surface area contributed by atoms with Crippen molar-refractivity contribution in [2.45, 2.75) is 49.5 Å². The topological polar surface area (TPSA) is 66.5 Å². The van der Waals surface area contributed by atoms with Gasteiger partial charge in [-0.15, -0.1) is 6.42 Å². The van der Waals surface area contributed by atoms with Crippen molar-refractivity contribution in [3.8, 4) is 12.3 Å². The van der Waals surface area contributed by atoms with Crippen LogP contribution in [-0.4, -0.2) is 38.9 Å². The summed E-state index contributed by atoms with van der Waals surface area (Å²) in [4.78, 5) is 14.5. The molecule has 5 nitrogen and oxygen atoms in total. The molecule has 24 heavy (non-hydrogen) atoms. The van der Waals surface area contributed by atoms with Crippen molar-refractivity contribution in [2.24, 2.45) is 0 Å². The fraction of sp³-hybridized carbons (Fsp3) is 0.500. The molecule has 0 aromatic heterocycles. The Balaban J connectivity index is 2.09. The van der Waals surface area contributed by atoms with Gasteiger partial charge in [-0.25, -0.2) is 8.42 Å². The smallest absolute Gasteiger partial charge is 0.253 e. The summed E-state index contributed by atoms with van der Waals surface area (Å²) in [5, 5.41) is 0. The highest BCUT2D eigenvalue weighted by molar-refractivity contribution is 7.89. The lowest BCUT2D eigenvalue weighted by molar-refractivity contribution is 0.0717. The Bertz CT molecular complexity index is 697. The van der Waals surface area contributed by atoms with Crippen LogP contribution in [0.3, 0.4) is 0 Å². The molecule has 1 fully saturated rings. The van der Waals surface area contributed by atoms with Gasteiger partial charge in [-0.2, -0.15) is 4.72 Å². The lowest BCUT2D eigenvalue weighted by Gasteiger charge is -2.27. The molecule has 1 aliphatic carbocycles. The zero-order chi connectivity index (χ0) is 17.6. The van der Waals surface area contributed by atoms with Crippen LogP contribution < -0.4 is 4.72 Å². The molecule has 1 aromatic carbocycles. The van der Waals surface area contributed by atoms with Crippen LogP contribution in [0.25, 0.3) is 0 Å². The zero-order valence-electron chi connectivity index (χ0n) is 14.0. The van der Waals surface area contributed by atoms with Crippen LogP contribution in [0, 0.1) is 12.3 Å². The minimum atomic E-state index is -3.63. The number of nitrogens with one attached hydrogen (secondary N) is 1. The van der Waals surface area contributed by atoms with E-state index in [4.69, 9.17) is 6.42 Å². The number of amides is 1. The average Bonchev–Trinajstić information content (AvgIpc) is 2.88. The van der Waals surface area contributed by atoms with Crippen molar-refractivity contribution >= 4 is 15.9 Å². The maximum absolute atomic E-state index is 12.6. The number of nitrogens with zero attached hydrogens (tertiary/aromatic N) is 1. The van der Waals surface area contributed by atoms with E-state index in [2.05, 4.69) is 10.6 Å². The molecule has 0 unspecified atom stereocenters. The van der Waals surface area contributed by atoms with E-state index in [1.54, 1.807) is 17.0 Å². The number of sulfonamides is 1. The largest absolute Gasteiger partial charge is 0.339 e. The van der Waals surface area contributed by atoms with Gasteiger partial charge in [-0.3, -0.25) is 4.79 Å². The van der Waals surface area contributed by atoms with Crippen LogP contribution in [0.15, 0.2) is 29.2 Å². The minimum absolute atomic E-state index is 0.0621. The number of carbonyl (C=O) groups excluding carboxylic acids is 1. The van der Waals surface area contributed by atoms with Crippen LogP contribution in [0.2, 0.25) is 0 Å². The number of benzene rings is 1. The Labute approximate surface area is 144 Å². The van der Waals surface area contributed by atoms with Crippen LogP contribution >= 0.6 is 0 Å². The molecule has 0 aliphatic heterocycles. The predicted octanol–water partition coefficient (Wildman–Crippen LogP) is 2.39. The highest BCUT2D eigenvalue weighted by atomic mass is 32.2. The van der Waals surface area contributed by atoms with Gasteiger partial charge >= 0.3 is 0 Å². The highest BCUT2D eigenvalue weighted by Gasteiger charge is 2.22. The van der Waals surface area contributed by atoms with Crippen molar-refractivity contribution in [2.75, 3.05) is 13.6 Å². The lowest BCUT2D eigenvalue weighted by atomic mass is 10.1. The molecule has 0 saturated heterocycles. The number of rotatable bonds is 5. The maximum Gasteiger partial charge on any atom is 0.253 e. The molecule has 130 valence electrons. The number of carbonyl (C=O) groups is 1. The van der Waals surface area contributed by atoms with Gasteiger partial charge in [0.1, 0.15) is 0 Å². The molecule has 1 amide bonds. The first kappa shape index (κ1) is 18.5. The van der Waals surface area contributed by atoms with Crippen molar-refractivity contribution in [3.63, 3.8) is 0 Å². The van der Waals surface area contributed by atoms with Crippen LogP contribution in [0.1, 0.15) is 48.9 Å². The first-order chi connectivity index (χ1) is 11.5. The second-order valence-corrected chi connectivity index (χ2v) is 7.88. The van der Waals surface area contributed by atoms with Crippen LogP contribution in [0.4, 0.5) is 0 Å². The molecule has 1 saturated carbocycles. The maximum atomic E-state index is 12.6. The van der Waals surface area contributed by atoms with Crippen molar-refractivity contribution in [1.82, 2.24) is 9.62 Å². The SMILES string of the molecule is C#CCNS(=O)(=O)c1ccc(C(=O)N(C)C2CCCCCC2)cc1. The van der Waals surface area contributed by atoms with E-state index in [0.29, 0.717) is 5.56 Å². The van der Waals surface area contributed by atoms with Crippen molar-refractivity contribution in [1.29, 1.82) is 0 Å². The van der Waals surface area contributed by atoms with Crippen LogP contribution in [0.5, 0.6) is 0 Å². The molecule has 0 atom stereocenters. The Morgan fingerprint density at radius 2 is 1.79 bits per heavy atom. The number of hydrogen-bond donors (Lipinski definition) is 1. The molecule has 0 bridgehead atoms. The second kappa shape index (κ2) is 8.32. The fourth-order valence-corrected chi connectivity index (χ4v) is 3.95. The third-order valence-electron chi connectivity index (χ3n) is 4.47. The second-order valence-electron chi connectivity index (χ2n) is 6.11. The highest BCUT2D eigenvalue weighted by Crippen LogP contribution is 2.22. The average molecular weight is 348 g/mol. The summed E-state index contributed by atoms with van der Waals surface area (Å²) in [5.74, 6) is 2.16. The monoisotopic (exact) mass is 348 g/mol.